The van der Waals surface area contributed by atoms with Gasteiger partial charge in [-0.3, -0.25) is 0 Å². The number of nitrogens with zero attached hydrogens (tertiary/aromatic N) is 3. The van der Waals surface area contributed by atoms with E-state index in [1.807, 2.05) is 0 Å². The molecular weight excluding hydrogens is 174 g/mol. The molecule has 1 unspecified atom stereocenters. The van der Waals surface area contributed by atoms with E-state index in [9.17, 15) is 0 Å². The Bertz CT molecular complexity index is 314. The zero-order chi connectivity index (χ0) is 10.1. The molecule has 0 aromatic carbocycles. The molecule has 0 amide bonds. The van der Waals surface area contributed by atoms with Crippen LogP contribution in [0.3, 0.4) is 0 Å². The Morgan fingerprint density at radius 3 is 2.93 bits per heavy atom. The van der Waals surface area contributed by atoms with Gasteiger partial charge >= 0.3 is 0 Å². The lowest BCUT2D eigenvalue weighted by Gasteiger charge is -2.18. The van der Waals surface area contributed by atoms with Crippen molar-refractivity contribution in [1.29, 1.82) is 0 Å². The van der Waals surface area contributed by atoms with E-state index in [2.05, 4.69) is 35.5 Å². The summed E-state index contributed by atoms with van der Waals surface area (Å²) in [6.45, 7) is 6.66. The van der Waals surface area contributed by atoms with Gasteiger partial charge in [0.1, 0.15) is 5.82 Å². The van der Waals surface area contributed by atoms with Gasteiger partial charge in [-0.15, -0.1) is 0 Å². The molecule has 1 aromatic heterocycles. The van der Waals surface area contributed by atoms with Crippen LogP contribution >= 0.6 is 0 Å². The Morgan fingerprint density at radius 1 is 1.50 bits per heavy atom. The van der Waals surface area contributed by atoms with Gasteiger partial charge < -0.3 is 0 Å². The van der Waals surface area contributed by atoms with Crippen molar-refractivity contribution in [3.8, 4) is 0 Å². The molecule has 1 aliphatic rings. The molecule has 78 valence electrons. The van der Waals surface area contributed by atoms with Crippen molar-refractivity contribution in [3.63, 3.8) is 0 Å². The van der Waals surface area contributed by atoms with E-state index in [1.54, 1.807) is 0 Å². The molecule has 1 aliphatic heterocycles. The zero-order valence-electron chi connectivity index (χ0n) is 9.32. The van der Waals surface area contributed by atoms with Crippen LogP contribution in [0.25, 0.3) is 0 Å². The van der Waals surface area contributed by atoms with Crippen molar-refractivity contribution >= 4 is 0 Å². The highest BCUT2D eigenvalue weighted by Crippen LogP contribution is 2.22. The standard InChI is InChI=1S/C11H19N3/c1-8(2)7-10-12-11-6-4-5-9(3)14(11)13-10/h8-9H,4-7H2,1-3H3. The second-order valence-electron chi connectivity index (χ2n) is 4.73. The van der Waals surface area contributed by atoms with Crippen LogP contribution < -0.4 is 0 Å². The van der Waals surface area contributed by atoms with Gasteiger partial charge in [-0.1, -0.05) is 13.8 Å². The van der Waals surface area contributed by atoms with Crippen LogP contribution in [0.2, 0.25) is 0 Å². The molecule has 0 bridgehead atoms. The number of rotatable bonds is 2. The molecule has 1 atom stereocenters. The van der Waals surface area contributed by atoms with E-state index in [-0.39, 0.29) is 0 Å². The fourth-order valence-electron chi connectivity index (χ4n) is 2.06. The van der Waals surface area contributed by atoms with Gasteiger partial charge in [-0.2, -0.15) is 5.10 Å². The molecule has 0 N–H and O–H groups in total. The fourth-order valence-corrected chi connectivity index (χ4v) is 2.06. The zero-order valence-corrected chi connectivity index (χ0v) is 9.32. The second kappa shape index (κ2) is 3.71. The summed E-state index contributed by atoms with van der Waals surface area (Å²) >= 11 is 0. The van der Waals surface area contributed by atoms with Crippen molar-refractivity contribution in [1.82, 2.24) is 14.8 Å². The number of aromatic nitrogens is 3. The van der Waals surface area contributed by atoms with Gasteiger partial charge in [-0.25, -0.2) is 9.67 Å². The lowest BCUT2D eigenvalue weighted by atomic mass is 10.1. The molecule has 3 heteroatoms. The maximum Gasteiger partial charge on any atom is 0.151 e. The minimum atomic E-state index is 0.548. The van der Waals surface area contributed by atoms with Crippen LogP contribution in [0.4, 0.5) is 0 Å². The quantitative estimate of drug-likeness (QED) is 0.722. The second-order valence-corrected chi connectivity index (χ2v) is 4.73. The van der Waals surface area contributed by atoms with Gasteiger partial charge in [0.25, 0.3) is 0 Å². The Kier molecular flexibility index (Phi) is 2.57. The first-order chi connectivity index (χ1) is 6.66. The molecular formula is C11H19N3. The summed E-state index contributed by atoms with van der Waals surface area (Å²) in [4.78, 5) is 4.59. The van der Waals surface area contributed by atoms with E-state index in [0.717, 1.165) is 18.7 Å². The highest BCUT2D eigenvalue weighted by molar-refractivity contribution is 4.98. The number of aryl methyl sites for hydroxylation is 1. The Labute approximate surface area is 85.5 Å². The molecule has 0 spiro atoms. The van der Waals surface area contributed by atoms with Gasteiger partial charge in [0.15, 0.2) is 5.82 Å². The highest BCUT2D eigenvalue weighted by atomic mass is 15.4. The van der Waals surface area contributed by atoms with E-state index in [1.165, 1.54) is 18.7 Å². The van der Waals surface area contributed by atoms with Crippen LogP contribution in [-0.2, 0) is 12.8 Å². The predicted molar refractivity (Wildman–Crippen MR) is 56.2 cm³/mol. The molecule has 0 aliphatic carbocycles. The molecule has 0 saturated carbocycles. The third kappa shape index (κ3) is 1.81. The maximum atomic E-state index is 4.59. The van der Waals surface area contributed by atoms with E-state index in [0.29, 0.717) is 12.0 Å². The SMILES string of the molecule is CC(C)Cc1nc2n(n1)C(C)CCC2. The molecule has 1 aromatic rings. The normalized spacial score (nSPS) is 21.3. The molecule has 14 heavy (non-hydrogen) atoms. The number of fused-ring (bicyclic) bond motifs is 1. The van der Waals surface area contributed by atoms with Crippen molar-refractivity contribution < 1.29 is 0 Å². The third-order valence-corrected chi connectivity index (χ3v) is 2.78. The van der Waals surface area contributed by atoms with Crippen molar-refractivity contribution in [3.05, 3.63) is 11.6 Å². The first kappa shape index (κ1) is 9.69. The van der Waals surface area contributed by atoms with Crippen LogP contribution in [0.15, 0.2) is 0 Å². The average molecular weight is 193 g/mol. The van der Waals surface area contributed by atoms with Crippen LogP contribution in [0.5, 0.6) is 0 Å². The van der Waals surface area contributed by atoms with Crippen molar-refractivity contribution in [2.24, 2.45) is 5.92 Å². The monoisotopic (exact) mass is 193 g/mol. The third-order valence-electron chi connectivity index (χ3n) is 2.78. The van der Waals surface area contributed by atoms with Crippen LogP contribution in [0, 0.1) is 5.92 Å². The molecule has 0 saturated heterocycles. The molecule has 2 heterocycles. The van der Waals surface area contributed by atoms with E-state index < -0.39 is 0 Å². The minimum absolute atomic E-state index is 0.548. The molecule has 0 fully saturated rings. The summed E-state index contributed by atoms with van der Waals surface area (Å²) in [7, 11) is 0. The molecule has 3 nitrogen and oxygen atoms in total. The number of hydrogen-bond acceptors (Lipinski definition) is 2. The Morgan fingerprint density at radius 2 is 2.29 bits per heavy atom. The summed E-state index contributed by atoms with van der Waals surface area (Å²) in [6.07, 6.45) is 4.63. The summed E-state index contributed by atoms with van der Waals surface area (Å²) in [6, 6.07) is 0.548. The highest BCUT2D eigenvalue weighted by Gasteiger charge is 2.19. The molecule has 2 rings (SSSR count). The van der Waals surface area contributed by atoms with E-state index >= 15 is 0 Å². The predicted octanol–water partition coefficient (Wildman–Crippen LogP) is 2.37. The van der Waals surface area contributed by atoms with Gasteiger partial charge in [0.2, 0.25) is 0 Å². The molecule has 0 radical (unpaired) electrons. The van der Waals surface area contributed by atoms with Crippen LogP contribution in [0.1, 0.15) is 51.3 Å². The maximum absolute atomic E-state index is 4.59. The lowest BCUT2D eigenvalue weighted by molar-refractivity contribution is 0.386. The summed E-state index contributed by atoms with van der Waals surface area (Å²) in [5.41, 5.74) is 0. The topological polar surface area (TPSA) is 30.7 Å². The smallest absolute Gasteiger partial charge is 0.151 e. The summed E-state index contributed by atoms with van der Waals surface area (Å²) in [5, 5.41) is 4.58. The number of hydrogen-bond donors (Lipinski definition) is 0. The van der Waals surface area contributed by atoms with Crippen LogP contribution in [-0.4, -0.2) is 14.8 Å². The first-order valence-electron chi connectivity index (χ1n) is 5.61. The lowest BCUT2D eigenvalue weighted by Crippen LogP contribution is -2.16. The first-order valence-corrected chi connectivity index (χ1v) is 5.61. The minimum Gasteiger partial charge on any atom is -0.247 e. The van der Waals surface area contributed by atoms with E-state index in [4.69, 9.17) is 0 Å². The van der Waals surface area contributed by atoms with Gasteiger partial charge in [0.05, 0.1) is 6.04 Å². The van der Waals surface area contributed by atoms with Gasteiger partial charge in [0, 0.05) is 12.8 Å². The Hall–Kier alpha value is -0.860. The average Bonchev–Trinajstić information content (AvgIpc) is 2.47. The summed E-state index contributed by atoms with van der Waals surface area (Å²) < 4.78 is 2.13. The van der Waals surface area contributed by atoms with Crippen molar-refractivity contribution in [2.45, 2.75) is 52.5 Å². The fraction of sp³-hybridized carbons (Fsp3) is 0.818. The van der Waals surface area contributed by atoms with Gasteiger partial charge in [-0.05, 0) is 25.7 Å². The summed E-state index contributed by atoms with van der Waals surface area (Å²) in [5.74, 6) is 2.87. The Balaban J connectivity index is 2.21. The largest absolute Gasteiger partial charge is 0.247 e. The van der Waals surface area contributed by atoms with Crippen molar-refractivity contribution in [2.75, 3.05) is 0 Å².